The van der Waals surface area contributed by atoms with E-state index in [-0.39, 0.29) is 5.91 Å². The van der Waals surface area contributed by atoms with E-state index in [0.717, 1.165) is 12.3 Å². The van der Waals surface area contributed by atoms with Gasteiger partial charge in [0.2, 0.25) is 5.69 Å². The molecule has 174 valence electrons. The van der Waals surface area contributed by atoms with E-state index in [9.17, 15) is 4.79 Å². The predicted molar refractivity (Wildman–Crippen MR) is 137 cm³/mol. The Morgan fingerprint density at radius 3 is 2.45 bits per heavy atom. The summed E-state index contributed by atoms with van der Waals surface area (Å²) in [4.78, 5) is 22.3. The van der Waals surface area contributed by atoms with Crippen molar-refractivity contribution in [1.29, 1.82) is 0 Å². The van der Waals surface area contributed by atoms with Crippen LogP contribution in [0.25, 0.3) is 4.85 Å². The molecule has 8 heteroatoms. The van der Waals surface area contributed by atoms with Gasteiger partial charge in [0.25, 0.3) is 5.91 Å². The summed E-state index contributed by atoms with van der Waals surface area (Å²) in [7, 11) is 4.08. The van der Waals surface area contributed by atoms with Crippen LogP contribution in [0.1, 0.15) is 31.4 Å². The van der Waals surface area contributed by atoms with Gasteiger partial charge in [-0.3, -0.25) is 9.69 Å². The highest BCUT2D eigenvalue weighted by Crippen LogP contribution is 2.39. The third-order valence-electron chi connectivity index (χ3n) is 5.74. The summed E-state index contributed by atoms with van der Waals surface area (Å²) in [6, 6.07) is 11.5. The van der Waals surface area contributed by atoms with Crippen LogP contribution in [0.15, 0.2) is 36.4 Å². The number of hydrogen-bond acceptors (Lipinski definition) is 4. The first-order chi connectivity index (χ1) is 15.6. The zero-order chi connectivity index (χ0) is 24.3. The highest BCUT2D eigenvalue weighted by atomic mass is 35.5. The van der Waals surface area contributed by atoms with Crippen LogP contribution in [-0.4, -0.2) is 53.6 Å². The van der Waals surface area contributed by atoms with Crippen molar-refractivity contribution in [3.05, 3.63) is 64.0 Å². The number of carbonyl (C=O) groups is 1. The summed E-state index contributed by atoms with van der Waals surface area (Å²) in [6.07, 6.45) is 0.709. The Balaban J connectivity index is 1.66. The quantitative estimate of drug-likeness (QED) is 0.283. The van der Waals surface area contributed by atoms with E-state index >= 15 is 0 Å². The summed E-state index contributed by atoms with van der Waals surface area (Å²) in [6.45, 7) is 14.8. The average molecular weight is 485 g/mol. The molecule has 0 atom stereocenters. The van der Waals surface area contributed by atoms with Gasteiger partial charge >= 0.3 is 0 Å². The molecule has 33 heavy (non-hydrogen) atoms. The topological polar surface area (TPSA) is 40.4 Å². The standard InChI is InChI=1S/C25H29ClN4O2S/c1-17-21(13-12-20(27-4)22(17)26)30-23(31)25(2,3)29(24(30)33)14-7-15-32-19-10-8-18(9-11-19)16-28(5)6/h8-13H,7,14-16H2,1-3,5-6H3. The second kappa shape index (κ2) is 10.1. The molecule has 0 N–H and O–H groups in total. The molecule has 3 rings (SSSR count). The molecule has 0 radical (unpaired) electrons. The molecule has 0 aliphatic carbocycles. The van der Waals surface area contributed by atoms with Crippen LogP contribution in [0.5, 0.6) is 5.75 Å². The molecular formula is C25H29ClN4O2S. The number of carbonyl (C=O) groups excluding carboxylic acids is 1. The van der Waals surface area contributed by atoms with Crippen molar-refractivity contribution in [2.24, 2.45) is 0 Å². The minimum Gasteiger partial charge on any atom is -0.494 e. The first-order valence-corrected chi connectivity index (χ1v) is 11.6. The van der Waals surface area contributed by atoms with Crippen LogP contribution in [0.3, 0.4) is 0 Å². The smallest absolute Gasteiger partial charge is 0.258 e. The Bertz CT molecular complexity index is 1090. The number of anilines is 1. The summed E-state index contributed by atoms with van der Waals surface area (Å²) in [5, 5.41) is 0.784. The van der Waals surface area contributed by atoms with E-state index < -0.39 is 5.54 Å². The zero-order valence-corrected chi connectivity index (χ0v) is 21.3. The molecule has 1 aliphatic heterocycles. The third-order valence-corrected chi connectivity index (χ3v) is 6.62. The van der Waals surface area contributed by atoms with E-state index in [1.54, 1.807) is 19.1 Å². The number of amides is 1. The first kappa shape index (κ1) is 25.0. The van der Waals surface area contributed by atoms with Crippen LogP contribution >= 0.6 is 23.8 Å². The summed E-state index contributed by atoms with van der Waals surface area (Å²) in [5.74, 6) is 0.711. The second-order valence-corrected chi connectivity index (χ2v) is 9.62. The maximum atomic E-state index is 13.3. The van der Waals surface area contributed by atoms with Gasteiger partial charge in [0, 0.05) is 13.1 Å². The molecule has 1 heterocycles. The van der Waals surface area contributed by atoms with Crippen LogP contribution in [-0.2, 0) is 11.3 Å². The summed E-state index contributed by atoms with van der Waals surface area (Å²) >= 11 is 12.1. The largest absolute Gasteiger partial charge is 0.494 e. The number of benzene rings is 2. The molecule has 1 amide bonds. The first-order valence-electron chi connectivity index (χ1n) is 10.8. The predicted octanol–water partition coefficient (Wildman–Crippen LogP) is 5.44. The van der Waals surface area contributed by atoms with Gasteiger partial charge in [0.1, 0.15) is 11.3 Å². The highest BCUT2D eigenvalue weighted by Gasteiger charge is 2.49. The SMILES string of the molecule is [C-]#[N+]c1ccc(N2C(=O)C(C)(C)N(CCCOc3ccc(CN(C)C)cc3)C2=S)c(C)c1Cl. The molecule has 0 aromatic heterocycles. The summed E-state index contributed by atoms with van der Waals surface area (Å²) < 4.78 is 5.90. The number of ether oxygens (including phenoxy) is 1. The van der Waals surface area contributed by atoms with Crippen LogP contribution in [0, 0.1) is 13.5 Å². The fourth-order valence-corrected chi connectivity index (χ4v) is 4.58. The van der Waals surface area contributed by atoms with Crippen molar-refractivity contribution >= 4 is 46.2 Å². The molecule has 6 nitrogen and oxygen atoms in total. The van der Waals surface area contributed by atoms with Crippen molar-refractivity contribution in [2.75, 3.05) is 32.1 Å². The van der Waals surface area contributed by atoms with E-state index in [1.165, 1.54) is 10.5 Å². The number of nitrogens with zero attached hydrogens (tertiary/aromatic N) is 4. The monoisotopic (exact) mass is 484 g/mol. The van der Waals surface area contributed by atoms with Crippen LogP contribution < -0.4 is 9.64 Å². The van der Waals surface area contributed by atoms with Crippen molar-refractivity contribution in [3.63, 3.8) is 0 Å². The maximum absolute atomic E-state index is 13.3. The van der Waals surface area contributed by atoms with E-state index in [4.69, 9.17) is 35.1 Å². The molecule has 1 saturated heterocycles. The molecule has 1 aliphatic rings. The van der Waals surface area contributed by atoms with Crippen LogP contribution in [0.2, 0.25) is 5.02 Å². The van der Waals surface area contributed by atoms with Gasteiger partial charge in [0.05, 0.1) is 23.9 Å². The summed E-state index contributed by atoms with van der Waals surface area (Å²) in [5.41, 5.74) is 2.09. The maximum Gasteiger partial charge on any atom is 0.258 e. The third kappa shape index (κ3) is 5.14. The Morgan fingerprint density at radius 1 is 1.18 bits per heavy atom. The van der Waals surface area contributed by atoms with Gasteiger partial charge in [0.15, 0.2) is 5.11 Å². The number of halogens is 1. The molecule has 2 aromatic rings. The van der Waals surface area contributed by atoms with Crippen molar-refractivity contribution in [3.8, 4) is 5.75 Å². The average Bonchev–Trinajstić information content (AvgIpc) is 2.93. The molecular weight excluding hydrogens is 456 g/mol. The lowest BCUT2D eigenvalue weighted by molar-refractivity contribution is -0.123. The van der Waals surface area contributed by atoms with Gasteiger partial charge < -0.3 is 14.5 Å². The fourth-order valence-electron chi connectivity index (χ4n) is 3.88. The fraction of sp³-hybridized carbons (Fsp3) is 0.400. The van der Waals surface area contributed by atoms with E-state index in [2.05, 4.69) is 21.9 Å². The highest BCUT2D eigenvalue weighted by molar-refractivity contribution is 7.80. The molecule has 0 unspecified atom stereocenters. The molecule has 0 spiro atoms. The lowest BCUT2D eigenvalue weighted by Gasteiger charge is -2.29. The Kier molecular flexibility index (Phi) is 7.63. The van der Waals surface area contributed by atoms with Gasteiger partial charge in [-0.1, -0.05) is 29.8 Å². The molecule has 0 bridgehead atoms. The normalized spacial score (nSPS) is 15.3. The van der Waals surface area contributed by atoms with Gasteiger partial charge in [-0.15, -0.1) is 0 Å². The van der Waals surface area contributed by atoms with Gasteiger partial charge in [-0.25, -0.2) is 4.85 Å². The van der Waals surface area contributed by atoms with E-state index in [1.807, 2.05) is 45.0 Å². The Morgan fingerprint density at radius 2 is 1.85 bits per heavy atom. The number of thiocarbonyl (C=S) groups is 1. The van der Waals surface area contributed by atoms with Crippen molar-refractivity contribution < 1.29 is 9.53 Å². The zero-order valence-electron chi connectivity index (χ0n) is 19.7. The lowest BCUT2D eigenvalue weighted by Crippen LogP contribution is -2.44. The van der Waals surface area contributed by atoms with Crippen molar-refractivity contribution in [1.82, 2.24) is 9.80 Å². The minimum absolute atomic E-state index is 0.111. The Labute approximate surface area is 206 Å². The van der Waals surface area contributed by atoms with E-state index in [0.29, 0.717) is 46.6 Å². The van der Waals surface area contributed by atoms with Gasteiger partial charge in [-0.2, -0.15) is 0 Å². The van der Waals surface area contributed by atoms with Gasteiger partial charge in [-0.05, 0) is 82.8 Å². The van der Waals surface area contributed by atoms with Crippen molar-refractivity contribution in [2.45, 2.75) is 39.3 Å². The number of hydrogen-bond donors (Lipinski definition) is 0. The van der Waals surface area contributed by atoms with Crippen LogP contribution in [0.4, 0.5) is 11.4 Å². The lowest BCUT2D eigenvalue weighted by atomic mass is 10.0. The molecule has 0 saturated carbocycles. The minimum atomic E-state index is -0.789. The Hall–Kier alpha value is -2.66. The molecule has 2 aromatic carbocycles. The second-order valence-electron chi connectivity index (χ2n) is 8.87. The number of rotatable bonds is 8. The molecule has 1 fully saturated rings.